The summed E-state index contributed by atoms with van der Waals surface area (Å²) in [6, 6.07) is 7.20. The summed E-state index contributed by atoms with van der Waals surface area (Å²) in [4.78, 5) is 22.1. The summed E-state index contributed by atoms with van der Waals surface area (Å²) in [7, 11) is 0. The van der Waals surface area contributed by atoms with Gasteiger partial charge in [-0.1, -0.05) is 11.6 Å². The van der Waals surface area contributed by atoms with Crippen LogP contribution in [0.1, 0.15) is 24.6 Å². The summed E-state index contributed by atoms with van der Waals surface area (Å²) in [6.07, 6.45) is 0.878. The standard InChI is InChI=1S/C24H26ClN11O3/c1-2-28-21-22-29-9-15(8-27)36(22)34-23(33-21)31-17-5-13(7-26)6-19(20(17)25)35-4-3-16(32-24(37)38)18(10-35)30-14-11-39-12-14/h5-6,9,14,16,18,30,32H,2-4,10-12H2,1H3,(H,37,38)(H2,28,31,33,34)/t16-,18-/m1/s1. The quantitative estimate of drug-likeness (QED) is 0.274. The number of imidazole rings is 1. The molecule has 4 heterocycles. The van der Waals surface area contributed by atoms with Gasteiger partial charge in [0.05, 0.1) is 59.5 Å². The lowest BCUT2D eigenvalue weighted by Gasteiger charge is -2.43. The molecular formula is C24H26ClN11O3. The lowest BCUT2D eigenvalue weighted by atomic mass is 9.97. The van der Waals surface area contributed by atoms with Crippen molar-refractivity contribution in [3.8, 4) is 12.1 Å². The van der Waals surface area contributed by atoms with Crippen molar-refractivity contribution in [2.24, 2.45) is 0 Å². The third-order valence-corrected chi connectivity index (χ3v) is 7.00. The number of nitrogens with one attached hydrogen (secondary N) is 4. The highest BCUT2D eigenvalue weighted by Crippen LogP contribution is 2.37. The molecule has 2 fully saturated rings. The number of aromatic nitrogens is 4. The van der Waals surface area contributed by atoms with E-state index in [2.05, 4.69) is 48.5 Å². The van der Waals surface area contributed by atoms with Gasteiger partial charge in [0.15, 0.2) is 17.2 Å². The Labute approximate surface area is 228 Å². The normalized spacial score (nSPS) is 19.1. The molecule has 0 unspecified atom stereocenters. The lowest BCUT2D eigenvalue weighted by Crippen LogP contribution is -2.64. The van der Waals surface area contributed by atoms with Crippen LogP contribution in [0.2, 0.25) is 5.02 Å². The van der Waals surface area contributed by atoms with E-state index in [-0.39, 0.29) is 29.8 Å². The first-order chi connectivity index (χ1) is 18.9. The fourth-order valence-electron chi connectivity index (χ4n) is 4.72. The number of hydrogen-bond donors (Lipinski definition) is 5. The summed E-state index contributed by atoms with van der Waals surface area (Å²) in [5.74, 6) is 0.593. The molecule has 0 radical (unpaired) electrons. The second-order valence-electron chi connectivity index (χ2n) is 9.20. The molecule has 202 valence electrons. The third-order valence-electron chi connectivity index (χ3n) is 6.60. The van der Waals surface area contributed by atoms with Crippen LogP contribution in [0.3, 0.4) is 0 Å². The minimum Gasteiger partial charge on any atom is -0.465 e. The third kappa shape index (κ3) is 5.44. The number of nitriles is 2. The second kappa shape index (κ2) is 11.2. The molecule has 2 saturated heterocycles. The first-order valence-electron chi connectivity index (χ1n) is 12.4. The first kappa shape index (κ1) is 26.2. The van der Waals surface area contributed by atoms with E-state index < -0.39 is 6.09 Å². The van der Waals surface area contributed by atoms with Crippen molar-refractivity contribution in [2.45, 2.75) is 31.5 Å². The fraction of sp³-hybridized carbons (Fsp3) is 0.417. The summed E-state index contributed by atoms with van der Waals surface area (Å²) in [6.45, 7) is 4.60. The van der Waals surface area contributed by atoms with Crippen LogP contribution in [0.5, 0.6) is 0 Å². The van der Waals surface area contributed by atoms with E-state index in [4.69, 9.17) is 16.3 Å². The lowest BCUT2D eigenvalue weighted by molar-refractivity contribution is -0.0123. The van der Waals surface area contributed by atoms with E-state index in [1.807, 2.05) is 11.8 Å². The Hall–Kier alpha value is -4.37. The van der Waals surface area contributed by atoms with Gasteiger partial charge in [-0.2, -0.15) is 20.0 Å². The number of benzene rings is 1. The molecule has 3 aromatic rings. The molecule has 2 atom stereocenters. The van der Waals surface area contributed by atoms with E-state index in [1.54, 1.807) is 12.1 Å². The van der Waals surface area contributed by atoms with Gasteiger partial charge < -0.3 is 36.0 Å². The first-order valence-corrected chi connectivity index (χ1v) is 12.8. The predicted molar refractivity (Wildman–Crippen MR) is 142 cm³/mol. The van der Waals surface area contributed by atoms with Crippen molar-refractivity contribution in [2.75, 3.05) is 48.4 Å². The number of fused-ring (bicyclic) bond motifs is 1. The maximum absolute atomic E-state index is 11.4. The maximum atomic E-state index is 11.4. The van der Waals surface area contributed by atoms with Crippen LogP contribution in [0, 0.1) is 22.7 Å². The zero-order valence-electron chi connectivity index (χ0n) is 21.0. The molecule has 15 heteroatoms. The SMILES string of the molecule is CCNc1nc(Nc2cc(C#N)cc(N3CC[C@@H](NC(=O)O)[C@H](NC4COC4)C3)c2Cl)nn2c(C#N)cnc12. The van der Waals surface area contributed by atoms with Crippen LogP contribution in [0.25, 0.3) is 5.65 Å². The predicted octanol–water partition coefficient (Wildman–Crippen LogP) is 1.90. The van der Waals surface area contributed by atoms with Crippen molar-refractivity contribution < 1.29 is 14.6 Å². The fourth-order valence-corrected chi connectivity index (χ4v) is 4.99. The largest absolute Gasteiger partial charge is 0.465 e. The van der Waals surface area contributed by atoms with Crippen LogP contribution in [-0.4, -0.2) is 81.8 Å². The van der Waals surface area contributed by atoms with E-state index >= 15 is 0 Å². The van der Waals surface area contributed by atoms with Crippen molar-refractivity contribution in [1.82, 2.24) is 30.2 Å². The number of hydrogen-bond acceptors (Lipinski definition) is 11. The zero-order chi connectivity index (χ0) is 27.5. The Kier molecular flexibility index (Phi) is 7.51. The molecule has 1 aromatic carbocycles. The van der Waals surface area contributed by atoms with Gasteiger partial charge in [-0.05, 0) is 25.5 Å². The van der Waals surface area contributed by atoms with Crippen LogP contribution in [-0.2, 0) is 4.74 Å². The molecular weight excluding hydrogens is 526 g/mol. The highest BCUT2D eigenvalue weighted by molar-refractivity contribution is 6.36. The highest BCUT2D eigenvalue weighted by atomic mass is 35.5. The Morgan fingerprint density at radius 2 is 2.10 bits per heavy atom. The average molecular weight is 552 g/mol. The molecule has 5 N–H and O–H groups in total. The molecule has 2 aliphatic heterocycles. The number of carbonyl (C=O) groups is 1. The molecule has 0 saturated carbocycles. The number of halogens is 1. The van der Waals surface area contributed by atoms with Crippen LogP contribution in [0.4, 0.5) is 27.9 Å². The number of nitrogens with zero attached hydrogens (tertiary/aromatic N) is 7. The van der Waals surface area contributed by atoms with Crippen molar-refractivity contribution in [3.05, 3.63) is 34.6 Å². The highest BCUT2D eigenvalue weighted by Gasteiger charge is 2.34. The number of piperidine rings is 1. The number of carboxylic acid groups (broad SMARTS) is 1. The molecule has 39 heavy (non-hydrogen) atoms. The molecule has 1 amide bonds. The van der Waals surface area contributed by atoms with Crippen LogP contribution in [0.15, 0.2) is 18.3 Å². The van der Waals surface area contributed by atoms with Gasteiger partial charge >= 0.3 is 6.09 Å². The van der Waals surface area contributed by atoms with Gasteiger partial charge in [-0.25, -0.2) is 9.78 Å². The van der Waals surface area contributed by atoms with Gasteiger partial charge in [0.1, 0.15) is 6.07 Å². The number of amides is 1. The molecule has 0 aliphatic carbocycles. The number of rotatable bonds is 8. The van der Waals surface area contributed by atoms with E-state index in [1.165, 1.54) is 10.7 Å². The van der Waals surface area contributed by atoms with Gasteiger partial charge in [0, 0.05) is 25.7 Å². The topological polar surface area (TPSA) is 189 Å². The monoisotopic (exact) mass is 551 g/mol. The Balaban J connectivity index is 1.46. The zero-order valence-corrected chi connectivity index (χ0v) is 21.7. The molecule has 0 spiro atoms. The number of anilines is 4. The van der Waals surface area contributed by atoms with Crippen molar-refractivity contribution in [1.29, 1.82) is 10.5 Å². The maximum Gasteiger partial charge on any atom is 0.404 e. The summed E-state index contributed by atoms with van der Waals surface area (Å²) >= 11 is 6.88. The second-order valence-corrected chi connectivity index (χ2v) is 9.57. The summed E-state index contributed by atoms with van der Waals surface area (Å²) in [5.41, 5.74) is 2.05. The minimum absolute atomic E-state index is 0.144. The van der Waals surface area contributed by atoms with Gasteiger partial charge in [0.2, 0.25) is 5.95 Å². The number of ether oxygens (including phenoxy) is 1. The molecule has 14 nitrogen and oxygen atoms in total. The van der Waals surface area contributed by atoms with E-state index in [0.717, 1.165) is 0 Å². The van der Waals surface area contributed by atoms with Gasteiger partial charge in [-0.15, -0.1) is 5.10 Å². The minimum atomic E-state index is -1.08. The molecule has 2 aliphatic rings. The van der Waals surface area contributed by atoms with E-state index in [0.29, 0.717) is 72.7 Å². The summed E-state index contributed by atoms with van der Waals surface area (Å²) in [5, 5.41) is 45.6. The van der Waals surface area contributed by atoms with Gasteiger partial charge in [0.25, 0.3) is 0 Å². The van der Waals surface area contributed by atoms with Crippen molar-refractivity contribution in [3.63, 3.8) is 0 Å². The smallest absolute Gasteiger partial charge is 0.404 e. The van der Waals surface area contributed by atoms with E-state index in [9.17, 15) is 20.4 Å². The molecule has 2 aromatic heterocycles. The Morgan fingerprint density at radius 3 is 2.77 bits per heavy atom. The van der Waals surface area contributed by atoms with Gasteiger partial charge in [-0.3, -0.25) is 0 Å². The van der Waals surface area contributed by atoms with Crippen LogP contribution < -0.4 is 26.2 Å². The Morgan fingerprint density at radius 1 is 1.28 bits per heavy atom. The van der Waals surface area contributed by atoms with Crippen molar-refractivity contribution >= 4 is 46.5 Å². The molecule has 0 bridgehead atoms. The average Bonchev–Trinajstić information content (AvgIpc) is 3.31. The molecule has 5 rings (SSSR count). The summed E-state index contributed by atoms with van der Waals surface area (Å²) < 4.78 is 6.65. The Bertz CT molecular complexity index is 1480. The van der Waals surface area contributed by atoms with Crippen LogP contribution >= 0.6 is 11.6 Å².